The van der Waals surface area contributed by atoms with E-state index in [1.165, 1.54) is 0 Å². The Labute approximate surface area is 141 Å². The van der Waals surface area contributed by atoms with Crippen molar-refractivity contribution >= 4 is 6.08 Å². The Bertz CT molecular complexity index is 723. The maximum absolute atomic E-state index is 14.3. The number of benzene rings is 2. The lowest BCUT2D eigenvalue weighted by Crippen LogP contribution is -2.13. The van der Waals surface area contributed by atoms with E-state index in [0.717, 1.165) is 18.4 Å². The van der Waals surface area contributed by atoms with E-state index in [-0.39, 0.29) is 11.1 Å². The molecule has 0 N–H and O–H groups in total. The Morgan fingerprint density at radius 2 is 1.54 bits per heavy atom. The van der Waals surface area contributed by atoms with Gasteiger partial charge in [-0.3, -0.25) is 0 Å². The highest BCUT2D eigenvalue weighted by atomic mass is 19.2. The van der Waals surface area contributed by atoms with Gasteiger partial charge in [0, 0.05) is 11.1 Å². The highest BCUT2D eigenvalue weighted by Crippen LogP contribution is 2.35. The van der Waals surface area contributed by atoms with Crippen LogP contribution in [0, 0.1) is 11.6 Å². The van der Waals surface area contributed by atoms with Crippen LogP contribution in [-0.4, -0.2) is 6.17 Å². The molecule has 1 saturated carbocycles. The molecule has 0 radical (unpaired) electrons. The molecule has 0 aliphatic heterocycles. The maximum Gasteiger partial charge on any atom is 0.167 e. The van der Waals surface area contributed by atoms with Gasteiger partial charge in [0.1, 0.15) is 6.17 Å². The van der Waals surface area contributed by atoms with Crippen LogP contribution >= 0.6 is 0 Å². The Morgan fingerprint density at radius 1 is 0.875 bits per heavy atom. The smallest absolute Gasteiger partial charge is 0.167 e. The molecular formula is C21H21F3. The van der Waals surface area contributed by atoms with Gasteiger partial charge in [-0.2, -0.15) is 0 Å². The fraction of sp³-hybridized carbons (Fsp3) is 0.333. The Balaban J connectivity index is 1.85. The van der Waals surface area contributed by atoms with Gasteiger partial charge in [0.15, 0.2) is 11.6 Å². The number of halogens is 3. The number of hydrogen-bond donors (Lipinski definition) is 0. The van der Waals surface area contributed by atoms with E-state index in [0.29, 0.717) is 24.3 Å². The molecule has 2 aromatic carbocycles. The van der Waals surface area contributed by atoms with Crippen molar-refractivity contribution in [1.82, 2.24) is 0 Å². The van der Waals surface area contributed by atoms with E-state index in [9.17, 15) is 13.2 Å². The lowest BCUT2D eigenvalue weighted by atomic mass is 9.83. The average molecular weight is 330 g/mol. The molecule has 0 unspecified atom stereocenters. The molecule has 1 fully saturated rings. The minimum atomic E-state index is -0.823. The van der Waals surface area contributed by atoms with E-state index in [1.807, 2.05) is 24.3 Å². The van der Waals surface area contributed by atoms with Gasteiger partial charge in [-0.1, -0.05) is 48.6 Å². The van der Waals surface area contributed by atoms with Crippen molar-refractivity contribution in [1.29, 1.82) is 0 Å². The SMILES string of the molecule is CC=Cc1ccc(-c2ccc(C3CCC(F)CC3)cc2)c(F)c1F. The summed E-state index contributed by atoms with van der Waals surface area (Å²) in [5.74, 6) is -1.28. The molecule has 0 heterocycles. The van der Waals surface area contributed by atoms with Gasteiger partial charge < -0.3 is 0 Å². The molecule has 126 valence electrons. The van der Waals surface area contributed by atoms with Gasteiger partial charge in [0.05, 0.1) is 0 Å². The molecule has 0 atom stereocenters. The molecule has 0 nitrogen and oxygen atoms in total. The zero-order valence-corrected chi connectivity index (χ0v) is 13.7. The summed E-state index contributed by atoms with van der Waals surface area (Å²) >= 11 is 0. The third-order valence-corrected chi connectivity index (χ3v) is 4.81. The lowest BCUT2D eigenvalue weighted by molar-refractivity contribution is 0.235. The summed E-state index contributed by atoms with van der Waals surface area (Å²) in [6, 6.07) is 10.8. The highest BCUT2D eigenvalue weighted by molar-refractivity contribution is 5.67. The van der Waals surface area contributed by atoms with Crippen molar-refractivity contribution in [3.05, 3.63) is 65.2 Å². The topological polar surface area (TPSA) is 0 Å². The predicted octanol–water partition coefficient (Wildman–Crippen LogP) is 6.66. The number of hydrogen-bond acceptors (Lipinski definition) is 0. The maximum atomic E-state index is 14.3. The summed E-state index contributed by atoms with van der Waals surface area (Å²) in [6.07, 6.45) is 5.47. The van der Waals surface area contributed by atoms with Crippen LogP contribution in [0.4, 0.5) is 13.2 Å². The minimum Gasteiger partial charge on any atom is -0.247 e. The van der Waals surface area contributed by atoms with Gasteiger partial charge in [-0.05, 0) is 49.7 Å². The van der Waals surface area contributed by atoms with E-state index >= 15 is 0 Å². The average Bonchev–Trinajstić information content (AvgIpc) is 2.60. The van der Waals surface area contributed by atoms with Crippen molar-refractivity contribution in [2.75, 3.05) is 0 Å². The zero-order valence-electron chi connectivity index (χ0n) is 13.7. The molecule has 3 heteroatoms. The highest BCUT2D eigenvalue weighted by Gasteiger charge is 2.22. The number of rotatable bonds is 3. The summed E-state index contributed by atoms with van der Waals surface area (Å²) in [5.41, 5.74) is 2.32. The molecule has 0 spiro atoms. The zero-order chi connectivity index (χ0) is 17.1. The van der Waals surface area contributed by atoms with Crippen LogP contribution in [0.1, 0.15) is 49.7 Å². The second-order valence-corrected chi connectivity index (χ2v) is 6.40. The van der Waals surface area contributed by atoms with Crippen LogP contribution in [0.2, 0.25) is 0 Å². The molecule has 1 aliphatic carbocycles. The van der Waals surface area contributed by atoms with E-state index in [4.69, 9.17) is 0 Å². The quantitative estimate of drug-likeness (QED) is 0.590. The third kappa shape index (κ3) is 3.40. The fourth-order valence-electron chi connectivity index (χ4n) is 3.42. The predicted molar refractivity (Wildman–Crippen MR) is 92.6 cm³/mol. The van der Waals surface area contributed by atoms with Crippen molar-refractivity contribution < 1.29 is 13.2 Å². The lowest BCUT2D eigenvalue weighted by Gasteiger charge is -2.24. The summed E-state index contributed by atoms with van der Waals surface area (Å²) in [6.45, 7) is 1.76. The molecule has 24 heavy (non-hydrogen) atoms. The van der Waals surface area contributed by atoms with Crippen LogP contribution in [0.25, 0.3) is 17.2 Å². The van der Waals surface area contributed by atoms with Crippen LogP contribution in [0.3, 0.4) is 0 Å². The molecule has 0 saturated heterocycles. The largest absolute Gasteiger partial charge is 0.247 e. The second-order valence-electron chi connectivity index (χ2n) is 6.40. The molecule has 2 aromatic rings. The summed E-state index contributed by atoms with van der Waals surface area (Å²) in [4.78, 5) is 0. The van der Waals surface area contributed by atoms with Crippen LogP contribution in [0.5, 0.6) is 0 Å². The molecule has 3 rings (SSSR count). The Hall–Kier alpha value is -2.03. The monoisotopic (exact) mass is 330 g/mol. The van der Waals surface area contributed by atoms with Crippen molar-refractivity contribution in [2.24, 2.45) is 0 Å². The van der Waals surface area contributed by atoms with Crippen LogP contribution in [-0.2, 0) is 0 Å². The van der Waals surface area contributed by atoms with Crippen LogP contribution < -0.4 is 0 Å². The Morgan fingerprint density at radius 3 is 2.17 bits per heavy atom. The first-order valence-electron chi connectivity index (χ1n) is 8.45. The van der Waals surface area contributed by atoms with Gasteiger partial charge in [-0.25, -0.2) is 13.2 Å². The molecule has 0 bridgehead atoms. The summed E-state index contributed by atoms with van der Waals surface area (Å²) in [5, 5.41) is 0. The van der Waals surface area contributed by atoms with Crippen molar-refractivity contribution in [3.8, 4) is 11.1 Å². The van der Waals surface area contributed by atoms with Gasteiger partial charge >= 0.3 is 0 Å². The van der Waals surface area contributed by atoms with Crippen LogP contribution in [0.15, 0.2) is 42.5 Å². The van der Waals surface area contributed by atoms with Crippen molar-refractivity contribution in [2.45, 2.75) is 44.7 Å². The minimum absolute atomic E-state index is 0.248. The van der Waals surface area contributed by atoms with Gasteiger partial charge in [-0.15, -0.1) is 0 Å². The second kappa shape index (κ2) is 7.25. The first-order valence-corrected chi connectivity index (χ1v) is 8.45. The number of allylic oxidation sites excluding steroid dienone is 1. The first-order chi connectivity index (χ1) is 11.6. The Kier molecular flexibility index (Phi) is 5.08. The summed E-state index contributed by atoms with van der Waals surface area (Å²) in [7, 11) is 0. The van der Waals surface area contributed by atoms with E-state index < -0.39 is 17.8 Å². The third-order valence-electron chi connectivity index (χ3n) is 4.81. The standard InChI is InChI=1S/C21H21F3/c1-2-3-17-10-13-19(21(24)20(17)23)16-6-4-14(5-7-16)15-8-11-18(22)12-9-15/h2-7,10,13,15,18H,8-9,11-12H2,1H3. The molecular weight excluding hydrogens is 309 g/mol. The normalized spacial score (nSPS) is 21.3. The van der Waals surface area contributed by atoms with E-state index in [2.05, 4.69) is 0 Å². The first kappa shape index (κ1) is 16.8. The molecule has 1 aliphatic rings. The summed E-state index contributed by atoms with van der Waals surface area (Å²) < 4.78 is 41.6. The number of alkyl halides is 1. The van der Waals surface area contributed by atoms with Gasteiger partial charge in [0.25, 0.3) is 0 Å². The van der Waals surface area contributed by atoms with E-state index in [1.54, 1.807) is 31.2 Å². The fourth-order valence-corrected chi connectivity index (χ4v) is 3.42. The van der Waals surface area contributed by atoms with Crippen molar-refractivity contribution in [3.63, 3.8) is 0 Å². The van der Waals surface area contributed by atoms with Gasteiger partial charge in [0.2, 0.25) is 0 Å². The molecule has 0 amide bonds. The molecule has 0 aromatic heterocycles.